The summed E-state index contributed by atoms with van der Waals surface area (Å²) < 4.78 is 53.2. The molecule has 1 heterocycles. The van der Waals surface area contributed by atoms with Crippen molar-refractivity contribution in [1.82, 2.24) is 4.90 Å². The summed E-state index contributed by atoms with van der Waals surface area (Å²) in [7, 11) is 0. The van der Waals surface area contributed by atoms with E-state index < -0.39 is 35.6 Å². The molecule has 0 aliphatic carbocycles. The lowest BCUT2D eigenvalue weighted by Gasteiger charge is -2.32. The fourth-order valence-corrected chi connectivity index (χ4v) is 2.31. The molecular weight excluding hydrogens is 330 g/mol. The predicted octanol–water partition coefficient (Wildman–Crippen LogP) is 3.60. The van der Waals surface area contributed by atoms with Crippen molar-refractivity contribution in [2.75, 3.05) is 13.1 Å². The van der Waals surface area contributed by atoms with Gasteiger partial charge in [-0.2, -0.15) is 0 Å². The molecule has 0 bridgehead atoms. The average Bonchev–Trinajstić information content (AvgIpc) is 2.31. The van der Waals surface area contributed by atoms with Crippen LogP contribution in [0.2, 0.25) is 0 Å². The van der Waals surface area contributed by atoms with Gasteiger partial charge in [-0.25, -0.2) is 17.6 Å². The Hall–Kier alpha value is -1.11. The predicted molar refractivity (Wildman–Crippen MR) is 64.1 cm³/mol. The van der Waals surface area contributed by atoms with Crippen molar-refractivity contribution in [3.05, 3.63) is 33.8 Å². The molecule has 0 saturated carbocycles. The molecule has 0 unspecified atom stereocenters. The number of rotatable bonds is 1. The first-order chi connectivity index (χ1) is 8.80. The topological polar surface area (TPSA) is 20.3 Å². The van der Waals surface area contributed by atoms with Crippen LogP contribution in [0.4, 0.5) is 17.6 Å². The number of hydrogen-bond donors (Lipinski definition) is 0. The fourth-order valence-electron chi connectivity index (χ4n) is 2.00. The lowest BCUT2D eigenvalue weighted by atomic mass is 10.1. The molecule has 19 heavy (non-hydrogen) atoms. The molecule has 1 fully saturated rings. The second kappa shape index (κ2) is 5.11. The summed E-state index contributed by atoms with van der Waals surface area (Å²) >= 11 is 2.78. The van der Waals surface area contributed by atoms with E-state index in [0.29, 0.717) is 6.07 Å². The number of benzene rings is 1. The maximum absolute atomic E-state index is 13.6. The summed E-state index contributed by atoms with van der Waals surface area (Å²) in [5, 5.41) is 0. The molecular formula is C12H10BrF4NO. The monoisotopic (exact) mass is 339 g/mol. The molecule has 0 aromatic heterocycles. The van der Waals surface area contributed by atoms with Gasteiger partial charge in [-0.3, -0.25) is 4.79 Å². The van der Waals surface area contributed by atoms with Crippen LogP contribution in [0, 0.1) is 11.6 Å². The minimum absolute atomic E-state index is 0.117. The summed E-state index contributed by atoms with van der Waals surface area (Å²) in [6.45, 7) is -0.644. The maximum atomic E-state index is 13.6. The summed E-state index contributed by atoms with van der Waals surface area (Å²) in [5.74, 6) is -5.64. The van der Waals surface area contributed by atoms with Crippen molar-refractivity contribution in [1.29, 1.82) is 0 Å². The van der Waals surface area contributed by atoms with E-state index in [1.807, 2.05) is 0 Å². The van der Waals surface area contributed by atoms with Crippen molar-refractivity contribution >= 4 is 21.8 Å². The largest absolute Gasteiger partial charge is 0.333 e. The number of carbonyl (C=O) groups is 1. The van der Waals surface area contributed by atoms with E-state index in [1.165, 1.54) is 0 Å². The molecule has 0 spiro atoms. The molecule has 0 atom stereocenters. The van der Waals surface area contributed by atoms with Gasteiger partial charge in [0.05, 0.1) is 16.6 Å². The van der Waals surface area contributed by atoms with Gasteiger partial charge in [0.15, 0.2) is 0 Å². The lowest BCUT2D eigenvalue weighted by molar-refractivity contribution is -0.0561. The minimum Gasteiger partial charge on any atom is -0.333 e. The van der Waals surface area contributed by atoms with Crippen LogP contribution < -0.4 is 0 Å². The van der Waals surface area contributed by atoms with Gasteiger partial charge >= 0.3 is 0 Å². The standard InChI is InChI=1S/C12H10BrF4NO/c13-8-5-9(14)7(4-10(8)15)11(19)18-3-1-2-12(16,17)6-18/h4-5H,1-3,6H2. The molecule has 104 valence electrons. The van der Waals surface area contributed by atoms with Gasteiger partial charge in [-0.1, -0.05) is 0 Å². The number of nitrogens with zero attached hydrogens (tertiary/aromatic N) is 1. The van der Waals surface area contributed by atoms with Crippen molar-refractivity contribution in [2.45, 2.75) is 18.8 Å². The third-order valence-electron chi connectivity index (χ3n) is 2.92. The Morgan fingerprint density at radius 1 is 1.26 bits per heavy atom. The van der Waals surface area contributed by atoms with Gasteiger partial charge in [-0.05, 0) is 34.5 Å². The molecule has 1 amide bonds. The number of likely N-dealkylation sites (tertiary alicyclic amines) is 1. The van der Waals surface area contributed by atoms with Gasteiger partial charge < -0.3 is 4.90 Å². The zero-order valence-electron chi connectivity index (χ0n) is 9.73. The molecule has 1 saturated heterocycles. The minimum atomic E-state index is -2.97. The number of carbonyl (C=O) groups excluding carboxylic acids is 1. The molecule has 1 aliphatic rings. The van der Waals surface area contributed by atoms with Gasteiger partial charge in [0, 0.05) is 13.0 Å². The first-order valence-electron chi connectivity index (χ1n) is 5.62. The van der Waals surface area contributed by atoms with Gasteiger partial charge in [0.2, 0.25) is 0 Å². The molecule has 1 aromatic carbocycles. The molecule has 2 nitrogen and oxygen atoms in total. The first kappa shape index (κ1) is 14.3. The SMILES string of the molecule is O=C(c1cc(F)c(Br)cc1F)N1CCCC(F)(F)C1. The molecule has 2 rings (SSSR count). The van der Waals surface area contributed by atoms with Crippen LogP contribution in [0.15, 0.2) is 16.6 Å². The normalized spacial score (nSPS) is 18.5. The Morgan fingerprint density at radius 2 is 1.95 bits per heavy atom. The van der Waals surface area contributed by atoms with Crippen LogP contribution in [0.1, 0.15) is 23.2 Å². The van der Waals surface area contributed by atoms with E-state index in [9.17, 15) is 22.4 Å². The Bertz CT molecular complexity index is 521. The van der Waals surface area contributed by atoms with E-state index >= 15 is 0 Å². The van der Waals surface area contributed by atoms with Crippen LogP contribution in [0.25, 0.3) is 0 Å². The van der Waals surface area contributed by atoms with Crippen molar-refractivity contribution in [3.8, 4) is 0 Å². The highest BCUT2D eigenvalue weighted by Crippen LogP contribution is 2.28. The molecule has 1 aromatic rings. The number of halogens is 5. The Labute approximate surface area is 115 Å². The fraction of sp³-hybridized carbons (Fsp3) is 0.417. The molecule has 7 heteroatoms. The van der Waals surface area contributed by atoms with Gasteiger partial charge in [0.25, 0.3) is 11.8 Å². The quantitative estimate of drug-likeness (QED) is 0.565. The summed E-state index contributed by atoms with van der Waals surface area (Å²) in [6.07, 6.45) is -0.159. The Kier molecular flexibility index (Phi) is 3.85. The second-order valence-electron chi connectivity index (χ2n) is 4.43. The number of piperidine rings is 1. The van der Waals surface area contributed by atoms with E-state index in [-0.39, 0.29) is 23.9 Å². The van der Waals surface area contributed by atoms with E-state index in [2.05, 4.69) is 15.9 Å². The highest BCUT2D eigenvalue weighted by molar-refractivity contribution is 9.10. The van der Waals surface area contributed by atoms with Crippen LogP contribution in [-0.4, -0.2) is 29.8 Å². The van der Waals surface area contributed by atoms with E-state index in [1.54, 1.807) is 0 Å². The molecule has 0 N–H and O–H groups in total. The summed E-state index contributed by atoms with van der Waals surface area (Å²) in [5.41, 5.74) is -0.529. The third kappa shape index (κ3) is 3.08. The zero-order chi connectivity index (χ0) is 14.2. The third-order valence-corrected chi connectivity index (χ3v) is 3.53. The smallest absolute Gasteiger partial charge is 0.265 e. The van der Waals surface area contributed by atoms with E-state index in [0.717, 1.165) is 11.0 Å². The summed E-state index contributed by atoms with van der Waals surface area (Å²) in [6, 6.07) is 1.53. The van der Waals surface area contributed by atoms with Crippen LogP contribution in [-0.2, 0) is 0 Å². The number of hydrogen-bond acceptors (Lipinski definition) is 1. The van der Waals surface area contributed by atoms with Crippen molar-refractivity contribution in [3.63, 3.8) is 0 Å². The Balaban J connectivity index is 2.27. The zero-order valence-corrected chi connectivity index (χ0v) is 11.3. The van der Waals surface area contributed by atoms with Crippen LogP contribution in [0.5, 0.6) is 0 Å². The van der Waals surface area contributed by atoms with Crippen LogP contribution >= 0.6 is 15.9 Å². The van der Waals surface area contributed by atoms with Crippen LogP contribution in [0.3, 0.4) is 0 Å². The maximum Gasteiger partial charge on any atom is 0.265 e. The van der Waals surface area contributed by atoms with Gasteiger partial charge in [0.1, 0.15) is 11.6 Å². The first-order valence-corrected chi connectivity index (χ1v) is 6.41. The highest BCUT2D eigenvalue weighted by Gasteiger charge is 2.37. The number of amides is 1. The average molecular weight is 340 g/mol. The highest BCUT2D eigenvalue weighted by atomic mass is 79.9. The lowest BCUT2D eigenvalue weighted by Crippen LogP contribution is -2.45. The Morgan fingerprint density at radius 3 is 2.58 bits per heavy atom. The molecule has 1 aliphatic heterocycles. The van der Waals surface area contributed by atoms with Crippen molar-refractivity contribution in [2.24, 2.45) is 0 Å². The number of alkyl halides is 2. The second-order valence-corrected chi connectivity index (χ2v) is 5.29. The van der Waals surface area contributed by atoms with Gasteiger partial charge in [-0.15, -0.1) is 0 Å². The van der Waals surface area contributed by atoms with E-state index in [4.69, 9.17) is 0 Å². The van der Waals surface area contributed by atoms with Crippen molar-refractivity contribution < 1.29 is 22.4 Å². The molecule has 0 radical (unpaired) electrons. The summed E-state index contributed by atoms with van der Waals surface area (Å²) in [4.78, 5) is 12.8.